The molecule has 1 saturated carbocycles. The van der Waals surface area contributed by atoms with Gasteiger partial charge in [0.1, 0.15) is 0 Å². The largest absolute Gasteiger partial charge is 0.316 e. The molecule has 0 bridgehead atoms. The molecular formula is C15H23N. The molecule has 2 unspecified atom stereocenters. The molecular weight excluding hydrogens is 194 g/mol. The zero-order valence-corrected chi connectivity index (χ0v) is 10.7. The van der Waals surface area contributed by atoms with Crippen LogP contribution >= 0.6 is 0 Å². The monoisotopic (exact) mass is 217 g/mol. The van der Waals surface area contributed by atoms with E-state index in [0.717, 1.165) is 18.4 Å². The highest BCUT2D eigenvalue weighted by molar-refractivity contribution is 5.34. The van der Waals surface area contributed by atoms with E-state index in [0.29, 0.717) is 0 Å². The molecule has 1 fully saturated rings. The summed E-state index contributed by atoms with van der Waals surface area (Å²) >= 11 is 0. The smallest absolute Gasteiger partial charge is 0.00144 e. The number of hydrogen-bond donors (Lipinski definition) is 1. The number of rotatable bonds is 5. The van der Waals surface area contributed by atoms with Crippen molar-refractivity contribution in [3.63, 3.8) is 0 Å². The third kappa shape index (κ3) is 2.85. The van der Waals surface area contributed by atoms with Gasteiger partial charge in [-0.2, -0.15) is 0 Å². The van der Waals surface area contributed by atoms with Gasteiger partial charge >= 0.3 is 0 Å². The average Bonchev–Trinajstić information content (AvgIpc) is 2.96. The molecule has 88 valence electrons. The van der Waals surface area contributed by atoms with Crippen molar-refractivity contribution in [2.75, 3.05) is 13.1 Å². The van der Waals surface area contributed by atoms with Crippen LogP contribution < -0.4 is 5.32 Å². The summed E-state index contributed by atoms with van der Waals surface area (Å²) in [4.78, 5) is 0. The first-order valence-electron chi connectivity index (χ1n) is 6.49. The van der Waals surface area contributed by atoms with Crippen molar-refractivity contribution in [1.82, 2.24) is 5.32 Å². The van der Waals surface area contributed by atoms with Crippen LogP contribution in [0, 0.1) is 19.8 Å². The van der Waals surface area contributed by atoms with E-state index in [1.807, 2.05) is 0 Å². The Morgan fingerprint density at radius 3 is 2.50 bits per heavy atom. The van der Waals surface area contributed by atoms with Gasteiger partial charge in [0.15, 0.2) is 0 Å². The molecule has 0 aliphatic heterocycles. The molecule has 0 heterocycles. The molecule has 1 aliphatic rings. The molecule has 1 nitrogen and oxygen atoms in total. The Morgan fingerprint density at radius 1 is 1.19 bits per heavy atom. The van der Waals surface area contributed by atoms with Crippen LogP contribution in [0.2, 0.25) is 0 Å². The summed E-state index contributed by atoms with van der Waals surface area (Å²) < 4.78 is 0. The molecule has 16 heavy (non-hydrogen) atoms. The Hall–Kier alpha value is -0.820. The van der Waals surface area contributed by atoms with Gasteiger partial charge in [-0.1, -0.05) is 36.2 Å². The SMILES string of the molecule is CCCNCC1CC1c1cc(C)cc(C)c1. The molecule has 0 radical (unpaired) electrons. The highest BCUT2D eigenvalue weighted by Crippen LogP contribution is 2.47. The lowest BCUT2D eigenvalue weighted by Gasteiger charge is -2.05. The van der Waals surface area contributed by atoms with E-state index in [4.69, 9.17) is 0 Å². The predicted molar refractivity (Wildman–Crippen MR) is 69.9 cm³/mol. The van der Waals surface area contributed by atoms with Crippen LogP contribution in [-0.2, 0) is 0 Å². The maximum atomic E-state index is 3.53. The van der Waals surface area contributed by atoms with Crippen molar-refractivity contribution in [2.45, 2.75) is 39.5 Å². The average molecular weight is 217 g/mol. The van der Waals surface area contributed by atoms with E-state index >= 15 is 0 Å². The number of aryl methyl sites for hydroxylation is 2. The molecule has 1 heteroatoms. The lowest BCUT2D eigenvalue weighted by atomic mass is 10.0. The molecule has 0 saturated heterocycles. The zero-order chi connectivity index (χ0) is 11.5. The summed E-state index contributed by atoms with van der Waals surface area (Å²) in [6.45, 7) is 8.98. The topological polar surface area (TPSA) is 12.0 Å². The van der Waals surface area contributed by atoms with Crippen LogP contribution in [0.15, 0.2) is 18.2 Å². The van der Waals surface area contributed by atoms with Crippen LogP contribution in [0.3, 0.4) is 0 Å². The standard InChI is InChI=1S/C15H23N/c1-4-5-16-10-14-9-15(14)13-7-11(2)6-12(3)8-13/h6-8,14-16H,4-5,9-10H2,1-3H3. The van der Waals surface area contributed by atoms with Gasteiger partial charge in [-0.25, -0.2) is 0 Å². The van der Waals surface area contributed by atoms with E-state index in [1.165, 1.54) is 30.5 Å². The molecule has 2 atom stereocenters. The highest BCUT2D eigenvalue weighted by atomic mass is 14.9. The Labute approximate surface area is 99.3 Å². The Balaban J connectivity index is 1.90. The molecule has 0 amide bonds. The normalized spacial score (nSPS) is 23.4. The fraction of sp³-hybridized carbons (Fsp3) is 0.600. The second-order valence-corrected chi connectivity index (χ2v) is 5.23. The van der Waals surface area contributed by atoms with E-state index in [1.54, 1.807) is 5.56 Å². The zero-order valence-electron chi connectivity index (χ0n) is 10.7. The quantitative estimate of drug-likeness (QED) is 0.745. The maximum Gasteiger partial charge on any atom is -0.00144 e. The van der Waals surface area contributed by atoms with Gasteiger partial charge in [0.05, 0.1) is 0 Å². The summed E-state index contributed by atoms with van der Waals surface area (Å²) in [6.07, 6.45) is 2.61. The molecule has 1 aliphatic carbocycles. The molecule has 2 rings (SSSR count). The van der Waals surface area contributed by atoms with Gasteiger partial charge in [-0.05, 0) is 57.2 Å². The van der Waals surface area contributed by atoms with Crippen molar-refractivity contribution >= 4 is 0 Å². The first-order chi connectivity index (χ1) is 7.70. The Morgan fingerprint density at radius 2 is 1.88 bits per heavy atom. The summed E-state index contributed by atoms with van der Waals surface area (Å²) in [7, 11) is 0. The number of benzene rings is 1. The van der Waals surface area contributed by atoms with Crippen molar-refractivity contribution < 1.29 is 0 Å². The van der Waals surface area contributed by atoms with Crippen molar-refractivity contribution in [2.24, 2.45) is 5.92 Å². The first kappa shape index (κ1) is 11.7. The van der Waals surface area contributed by atoms with Crippen LogP contribution in [0.5, 0.6) is 0 Å². The lowest BCUT2D eigenvalue weighted by molar-refractivity contribution is 0.620. The van der Waals surface area contributed by atoms with Crippen molar-refractivity contribution in [3.8, 4) is 0 Å². The van der Waals surface area contributed by atoms with Crippen LogP contribution in [0.4, 0.5) is 0 Å². The molecule has 1 aromatic rings. The lowest BCUT2D eigenvalue weighted by Crippen LogP contribution is -2.17. The molecule has 0 aromatic heterocycles. The maximum absolute atomic E-state index is 3.53. The van der Waals surface area contributed by atoms with E-state index in [-0.39, 0.29) is 0 Å². The number of nitrogens with one attached hydrogen (secondary N) is 1. The summed E-state index contributed by atoms with van der Waals surface area (Å²) in [5, 5.41) is 3.53. The van der Waals surface area contributed by atoms with Gasteiger partial charge in [-0.3, -0.25) is 0 Å². The summed E-state index contributed by atoms with van der Waals surface area (Å²) in [5.41, 5.74) is 4.37. The summed E-state index contributed by atoms with van der Waals surface area (Å²) in [5.74, 6) is 1.70. The highest BCUT2D eigenvalue weighted by Gasteiger charge is 2.37. The molecule has 1 aromatic carbocycles. The Kier molecular flexibility index (Phi) is 3.65. The van der Waals surface area contributed by atoms with Crippen LogP contribution in [-0.4, -0.2) is 13.1 Å². The first-order valence-corrected chi connectivity index (χ1v) is 6.49. The summed E-state index contributed by atoms with van der Waals surface area (Å²) in [6, 6.07) is 6.98. The third-order valence-corrected chi connectivity index (χ3v) is 3.43. The number of hydrogen-bond acceptors (Lipinski definition) is 1. The minimum absolute atomic E-state index is 0.822. The second-order valence-electron chi connectivity index (χ2n) is 5.23. The van der Waals surface area contributed by atoms with E-state index < -0.39 is 0 Å². The second kappa shape index (κ2) is 5.01. The third-order valence-electron chi connectivity index (χ3n) is 3.43. The fourth-order valence-electron chi connectivity index (χ4n) is 2.57. The molecule has 1 N–H and O–H groups in total. The fourth-order valence-corrected chi connectivity index (χ4v) is 2.57. The van der Waals surface area contributed by atoms with E-state index in [2.05, 4.69) is 44.3 Å². The van der Waals surface area contributed by atoms with Crippen LogP contribution in [0.1, 0.15) is 42.4 Å². The Bertz CT molecular complexity index is 336. The van der Waals surface area contributed by atoms with Gasteiger partial charge < -0.3 is 5.32 Å². The van der Waals surface area contributed by atoms with Gasteiger partial charge in [0.2, 0.25) is 0 Å². The minimum Gasteiger partial charge on any atom is -0.316 e. The predicted octanol–water partition coefficient (Wildman–Crippen LogP) is 3.41. The van der Waals surface area contributed by atoms with Crippen molar-refractivity contribution in [1.29, 1.82) is 0 Å². The van der Waals surface area contributed by atoms with Crippen LogP contribution in [0.25, 0.3) is 0 Å². The van der Waals surface area contributed by atoms with E-state index in [9.17, 15) is 0 Å². The van der Waals surface area contributed by atoms with Gasteiger partial charge in [0, 0.05) is 0 Å². The van der Waals surface area contributed by atoms with Gasteiger partial charge in [-0.15, -0.1) is 0 Å². The van der Waals surface area contributed by atoms with Gasteiger partial charge in [0.25, 0.3) is 0 Å². The minimum atomic E-state index is 0.822. The molecule has 0 spiro atoms. The van der Waals surface area contributed by atoms with Crippen molar-refractivity contribution in [3.05, 3.63) is 34.9 Å².